The zero-order chi connectivity index (χ0) is 12.6. The number of nitrogen functional groups attached to an aromatic ring is 1. The first-order chi connectivity index (χ1) is 7.99. The van der Waals surface area contributed by atoms with E-state index in [0.29, 0.717) is 11.2 Å². The van der Waals surface area contributed by atoms with Crippen molar-refractivity contribution in [3.8, 4) is 0 Å². The highest BCUT2D eigenvalue weighted by atomic mass is 32.1. The Hall–Kier alpha value is -2.00. The molecule has 0 aliphatic carbocycles. The maximum Gasteiger partial charge on any atom is 0.334 e. The lowest BCUT2D eigenvalue weighted by Gasteiger charge is -2.07. The summed E-state index contributed by atoms with van der Waals surface area (Å²) in [6, 6.07) is 0. The Bertz CT molecular complexity index is 634. The van der Waals surface area contributed by atoms with Gasteiger partial charge in [-0.1, -0.05) is 12.2 Å². The van der Waals surface area contributed by atoms with E-state index < -0.39 is 12.1 Å². The molecule has 2 rings (SSSR count). The number of hydrogen-bond acceptors (Lipinski definition) is 6. The molecule has 2 heterocycles. The number of fused-ring (bicyclic) bond motifs is 1. The summed E-state index contributed by atoms with van der Waals surface area (Å²) in [5.41, 5.74) is 6.33. The van der Waals surface area contributed by atoms with Crippen molar-refractivity contribution in [1.82, 2.24) is 19.5 Å². The third-order valence-corrected chi connectivity index (χ3v) is 2.45. The fourth-order valence-corrected chi connectivity index (χ4v) is 1.63. The lowest BCUT2D eigenvalue weighted by Crippen LogP contribution is -2.25. The number of aliphatic hydroxyl groups excluding tert-OH is 1. The molecule has 0 radical (unpaired) electrons. The molecule has 0 aromatic carbocycles. The van der Waals surface area contributed by atoms with Crippen molar-refractivity contribution in [2.24, 2.45) is 0 Å². The molecule has 8 nitrogen and oxygen atoms in total. The molecule has 2 aromatic rings. The largest absolute Gasteiger partial charge is 0.479 e. The minimum Gasteiger partial charge on any atom is -0.479 e. The van der Waals surface area contributed by atoms with Crippen molar-refractivity contribution < 1.29 is 15.0 Å². The Morgan fingerprint density at radius 3 is 3.06 bits per heavy atom. The highest BCUT2D eigenvalue weighted by Gasteiger charge is 2.16. The van der Waals surface area contributed by atoms with Gasteiger partial charge in [-0.25, -0.2) is 14.8 Å². The minimum atomic E-state index is -1.52. The molecule has 1 atom stereocenters. The number of aliphatic carboxylic acids is 1. The van der Waals surface area contributed by atoms with Crippen molar-refractivity contribution >= 4 is 35.3 Å². The molecule has 0 spiro atoms. The molecule has 1 unspecified atom stereocenters. The van der Waals surface area contributed by atoms with Crippen LogP contribution in [0.25, 0.3) is 11.2 Å². The van der Waals surface area contributed by atoms with E-state index in [2.05, 4.69) is 15.0 Å². The predicted molar refractivity (Wildman–Crippen MR) is 60.8 cm³/mol. The third-order valence-electron chi connectivity index (χ3n) is 2.16. The van der Waals surface area contributed by atoms with Crippen LogP contribution in [-0.4, -0.2) is 41.8 Å². The molecule has 0 fully saturated rings. The lowest BCUT2D eigenvalue weighted by molar-refractivity contribution is -0.147. The Kier molecular flexibility index (Phi) is 2.77. The molecule has 0 bridgehead atoms. The molecule has 0 aliphatic heterocycles. The number of imidazole rings is 1. The van der Waals surface area contributed by atoms with Crippen LogP contribution < -0.4 is 5.73 Å². The highest BCUT2D eigenvalue weighted by molar-refractivity contribution is 7.71. The van der Waals surface area contributed by atoms with E-state index in [1.807, 2.05) is 0 Å². The number of nitrogens with one attached hydrogen (secondary N) is 1. The van der Waals surface area contributed by atoms with Gasteiger partial charge < -0.3 is 25.5 Å². The molecule has 9 heteroatoms. The number of hydrogen-bond donors (Lipinski definition) is 4. The smallest absolute Gasteiger partial charge is 0.334 e. The summed E-state index contributed by atoms with van der Waals surface area (Å²) in [7, 11) is 0. The normalized spacial score (nSPS) is 12.8. The summed E-state index contributed by atoms with van der Waals surface area (Å²) >= 11 is 4.95. The van der Waals surface area contributed by atoms with Gasteiger partial charge in [0.2, 0.25) is 0 Å². The Balaban J connectivity index is 2.49. The topological polar surface area (TPSA) is 130 Å². The second kappa shape index (κ2) is 4.11. The number of nitrogens with two attached hydrogens (primary N) is 1. The van der Waals surface area contributed by atoms with Gasteiger partial charge in [-0.15, -0.1) is 0 Å². The van der Waals surface area contributed by atoms with E-state index in [1.165, 1.54) is 10.9 Å². The molecule has 2 aromatic heterocycles. The van der Waals surface area contributed by atoms with Crippen molar-refractivity contribution in [1.29, 1.82) is 0 Å². The summed E-state index contributed by atoms with van der Waals surface area (Å²) in [6.07, 6.45) is -0.159. The van der Waals surface area contributed by atoms with Gasteiger partial charge in [0.15, 0.2) is 16.7 Å². The maximum absolute atomic E-state index is 10.5. The van der Waals surface area contributed by atoms with E-state index in [4.69, 9.17) is 23.1 Å². The molecule has 90 valence electrons. The molecule has 0 aliphatic rings. The maximum atomic E-state index is 10.5. The van der Waals surface area contributed by atoms with Gasteiger partial charge in [-0.05, 0) is 0 Å². The van der Waals surface area contributed by atoms with Crippen LogP contribution in [0.15, 0.2) is 6.33 Å². The standard InChI is InChI=1S/C8H9N5O3S/c9-8-11-5-4(6(17)12-8)10-2-13(5)1-3(14)7(15)16/h2-3,14H,1H2,(H,15,16)(H3,9,11,12,17). The van der Waals surface area contributed by atoms with Gasteiger partial charge in [0.1, 0.15) is 11.2 Å². The molecule has 0 amide bonds. The van der Waals surface area contributed by atoms with Gasteiger partial charge in [0, 0.05) is 0 Å². The summed E-state index contributed by atoms with van der Waals surface area (Å²) in [5, 5.41) is 17.9. The SMILES string of the molecule is Nc1nc(=S)c2ncn(CC(O)C(=O)O)c2[nH]1. The Labute approximate surface area is 99.7 Å². The van der Waals surface area contributed by atoms with Crippen molar-refractivity contribution in [3.05, 3.63) is 11.0 Å². The summed E-state index contributed by atoms with van der Waals surface area (Å²) in [6.45, 7) is -0.152. The molecule has 17 heavy (non-hydrogen) atoms. The second-order valence-corrected chi connectivity index (χ2v) is 3.76. The summed E-state index contributed by atoms with van der Waals surface area (Å²) in [5.74, 6) is -1.21. The molecular formula is C8H9N5O3S. The number of aromatic amines is 1. The van der Waals surface area contributed by atoms with Crippen LogP contribution in [0.3, 0.4) is 0 Å². The number of aromatic nitrogens is 4. The van der Waals surface area contributed by atoms with Gasteiger partial charge >= 0.3 is 5.97 Å². The van der Waals surface area contributed by atoms with Crippen LogP contribution >= 0.6 is 12.2 Å². The molecule has 0 saturated carbocycles. The number of carbonyl (C=O) groups is 1. The van der Waals surface area contributed by atoms with Crippen LogP contribution in [0.5, 0.6) is 0 Å². The number of H-pyrrole nitrogens is 1. The van der Waals surface area contributed by atoms with Crippen LogP contribution in [-0.2, 0) is 11.3 Å². The van der Waals surface area contributed by atoms with E-state index in [0.717, 1.165) is 0 Å². The zero-order valence-corrected chi connectivity index (χ0v) is 9.31. The van der Waals surface area contributed by atoms with Crippen LogP contribution in [0.4, 0.5) is 5.95 Å². The fraction of sp³-hybridized carbons (Fsp3) is 0.250. The quantitative estimate of drug-likeness (QED) is 0.545. The monoisotopic (exact) mass is 255 g/mol. The van der Waals surface area contributed by atoms with Gasteiger partial charge in [-0.2, -0.15) is 0 Å². The van der Waals surface area contributed by atoms with E-state index >= 15 is 0 Å². The Morgan fingerprint density at radius 1 is 1.71 bits per heavy atom. The van der Waals surface area contributed by atoms with E-state index in [9.17, 15) is 9.90 Å². The molecule has 0 saturated heterocycles. The first-order valence-electron chi connectivity index (χ1n) is 4.60. The number of aliphatic hydroxyl groups is 1. The third kappa shape index (κ3) is 2.10. The van der Waals surface area contributed by atoms with E-state index in [-0.39, 0.29) is 17.1 Å². The fourth-order valence-electron chi connectivity index (χ4n) is 1.38. The number of carboxylic acids is 1. The van der Waals surface area contributed by atoms with Crippen molar-refractivity contribution in [3.63, 3.8) is 0 Å². The second-order valence-electron chi connectivity index (χ2n) is 3.38. The van der Waals surface area contributed by atoms with Crippen LogP contribution in [0, 0.1) is 4.64 Å². The average molecular weight is 255 g/mol. The van der Waals surface area contributed by atoms with Crippen LogP contribution in [0.2, 0.25) is 0 Å². The Morgan fingerprint density at radius 2 is 2.41 bits per heavy atom. The number of nitrogens with zero attached hydrogens (tertiary/aromatic N) is 3. The lowest BCUT2D eigenvalue weighted by atomic mass is 10.3. The number of rotatable bonds is 3. The first kappa shape index (κ1) is 11.5. The average Bonchev–Trinajstić information content (AvgIpc) is 2.61. The number of carboxylic acid groups (broad SMARTS) is 1. The number of anilines is 1. The van der Waals surface area contributed by atoms with Crippen molar-refractivity contribution in [2.75, 3.05) is 5.73 Å². The minimum absolute atomic E-state index is 0.106. The summed E-state index contributed by atoms with van der Waals surface area (Å²) < 4.78 is 1.64. The molecule has 5 N–H and O–H groups in total. The summed E-state index contributed by atoms with van der Waals surface area (Å²) in [4.78, 5) is 21.1. The van der Waals surface area contributed by atoms with E-state index in [1.54, 1.807) is 0 Å². The van der Waals surface area contributed by atoms with Gasteiger partial charge in [0.05, 0.1) is 12.9 Å². The van der Waals surface area contributed by atoms with Crippen LogP contribution in [0.1, 0.15) is 0 Å². The first-order valence-corrected chi connectivity index (χ1v) is 5.01. The molecular weight excluding hydrogens is 246 g/mol. The zero-order valence-electron chi connectivity index (χ0n) is 8.49. The highest BCUT2D eigenvalue weighted by Crippen LogP contribution is 2.12. The predicted octanol–water partition coefficient (Wildman–Crippen LogP) is -0.483. The van der Waals surface area contributed by atoms with Gasteiger partial charge in [0.25, 0.3) is 0 Å². The van der Waals surface area contributed by atoms with Gasteiger partial charge in [-0.3, -0.25) is 0 Å². The van der Waals surface area contributed by atoms with Crippen molar-refractivity contribution in [2.45, 2.75) is 12.6 Å².